The fourth-order valence-electron chi connectivity index (χ4n) is 4.09. The number of benzene rings is 2. The van der Waals surface area contributed by atoms with Crippen LogP contribution in [-0.4, -0.2) is 48.3 Å². The molecule has 0 radical (unpaired) electrons. The molecule has 0 bridgehead atoms. The molecule has 144 valence electrons. The van der Waals surface area contributed by atoms with Crippen LogP contribution in [0.2, 0.25) is 0 Å². The molecule has 2 atom stereocenters. The molecule has 2 aromatic rings. The maximum Gasteiger partial charge on any atom is 0.347 e. The topological polar surface area (TPSA) is 46.5 Å². The van der Waals surface area contributed by atoms with Gasteiger partial charge < -0.3 is 14.3 Å². The molecule has 0 spiro atoms. The Balaban J connectivity index is 1.75. The smallest absolute Gasteiger partial charge is 0.347 e. The third-order valence-corrected chi connectivity index (χ3v) is 6.36. The van der Waals surface area contributed by atoms with Crippen LogP contribution < -0.4 is 0 Å². The van der Waals surface area contributed by atoms with Gasteiger partial charge in [-0.25, -0.2) is 4.79 Å². The molecule has 1 saturated heterocycles. The average molecular weight is 368 g/mol. The lowest BCUT2D eigenvalue weighted by atomic mass is 9.86. The van der Waals surface area contributed by atoms with Gasteiger partial charge in [-0.15, -0.1) is 0 Å². The van der Waals surface area contributed by atoms with Crippen molar-refractivity contribution in [2.45, 2.75) is 43.9 Å². The van der Waals surface area contributed by atoms with Crippen molar-refractivity contribution in [1.82, 2.24) is 0 Å². The number of carbonyl (C=O) groups is 1. The van der Waals surface area contributed by atoms with Gasteiger partial charge in [0.1, 0.15) is 0 Å². The van der Waals surface area contributed by atoms with Crippen LogP contribution in [0.3, 0.4) is 0 Å². The molecule has 1 heterocycles. The zero-order chi connectivity index (χ0) is 19.5. The number of nitrogens with zero attached hydrogens (tertiary/aromatic N) is 1. The first-order chi connectivity index (χ1) is 12.9. The maximum absolute atomic E-state index is 13.0. The summed E-state index contributed by atoms with van der Waals surface area (Å²) in [5.41, 5.74) is -0.755. The van der Waals surface area contributed by atoms with Crippen molar-refractivity contribution >= 4 is 5.97 Å². The second kappa shape index (κ2) is 7.83. The first kappa shape index (κ1) is 19.6. The zero-order valence-electron chi connectivity index (χ0n) is 16.5. The van der Waals surface area contributed by atoms with E-state index in [0.717, 1.165) is 17.3 Å². The van der Waals surface area contributed by atoms with E-state index >= 15 is 0 Å². The van der Waals surface area contributed by atoms with Gasteiger partial charge in [0, 0.05) is 19.3 Å². The maximum atomic E-state index is 13.0. The van der Waals surface area contributed by atoms with Crippen LogP contribution in [-0.2, 0) is 15.1 Å². The molecule has 2 aromatic carbocycles. The number of hydrogen-bond donors (Lipinski definition) is 1. The second-order valence-electron chi connectivity index (χ2n) is 8.08. The van der Waals surface area contributed by atoms with E-state index in [9.17, 15) is 9.90 Å². The Hall–Kier alpha value is -2.17. The summed E-state index contributed by atoms with van der Waals surface area (Å²) in [4.78, 5) is 13.0. The van der Waals surface area contributed by atoms with Gasteiger partial charge in [0.25, 0.3) is 0 Å². The number of esters is 1. The van der Waals surface area contributed by atoms with E-state index in [1.165, 1.54) is 6.42 Å². The Morgan fingerprint density at radius 3 is 2.00 bits per heavy atom. The summed E-state index contributed by atoms with van der Waals surface area (Å²) in [6.07, 6.45) is 3.15. The molecular formula is C23H30NO3+. The molecular weight excluding hydrogens is 338 g/mol. The molecule has 0 saturated carbocycles. The number of likely N-dealkylation sites (tertiary alicyclic amines) is 1. The van der Waals surface area contributed by atoms with Gasteiger partial charge in [-0.1, -0.05) is 60.7 Å². The number of carbonyl (C=O) groups excluding carboxylic acids is 1. The molecule has 27 heavy (non-hydrogen) atoms. The molecule has 0 aliphatic carbocycles. The molecule has 1 aliphatic rings. The minimum absolute atomic E-state index is 0.319. The SMILES string of the molecule is CC1CCC(CCOC(=O)C(O)(c2ccccc2)c2ccccc2)[N+]1(C)C. The summed E-state index contributed by atoms with van der Waals surface area (Å²) in [5, 5.41) is 11.4. The first-order valence-electron chi connectivity index (χ1n) is 9.70. The normalized spacial score (nSPS) is 21.8. The lowest BCUT2D eigenvalue weighted by molar-refractivity contribution is -0.923. The molecule has 4 nitrogen and oxygen atoms in total. The summed E-state index contributed by atoms with van der Waals surface area (Å²) in [6, 6.07) is 19.1. The van der Waals surface area contributed by atoms with Gasteiger partial charge in [-0.05, 0) is 18.1 Å². The number of rotatable bonds is 6. The van der Waals surface area contributed by atoms with E-state index < -0.39 is 11.6 Å². The number of hydrogen-bond acceptors (Lipinski definition) is 3. The molecule has 1 fully saturated rings. The predicted molar refractivity (Wildman–Crippen MR) is 106 cm³/mol. The van der Waals surface area contributed by atoms with Crippen LogP contribution in [0.1, 0.15) is 37.3 Å². The highest BCUT2D eigenvalue weighted by Gasteiger charge is 2.43. The number of aliphatic hydroxyl groups is 1. The van der Waals surface area contributed by atoms with Gasteiger partial charge in [0.15, 0.2) is 0 Å². The van der Waals surface area contributed by atoms with Crippen LogP contribution in [0.15, 0.2) is 60.7 Å². The van der Waals surface area contributed by atoms with E-state index in [-0.39, 0.29) is 0 Å². The number of ether oxygens (including phenoxy) is 1. The number of quaternary nitrogens is 1. The largest absolute Gasteiger partial charge is 0.463 e. The Morgan fingerprint density at radius 2 is 1.56 bits per heavy atom. The first-order valence-corrected chi connectivity index (χ1v) is 9.70. The van der Waals surface area contributed by atoms with E-state index in [1.807, 2.05) is 36.4 Å². The predicted octanol–water partition coefficient (Wildman–Crippen LogP) is 3.48. The minimum atomic E-state index is -1.80. The second-order valence-corrected chi connectivity index (χ2v) is 8.08. The molecule has 4 heteroatoms. The standard InChI is InChI=1S/C23H30NO3/c1-18-14-15-21(24(18,2)3)16-17-27-22(25)23(26,19-10-6-4-7-11-19)20-12-8-5-9-13-20/h4-13,18,21,26H,14-17H2,1-3H3/q+1. The highest BCUT2D eigenvalue weighted by molar-refractivity contribution is 5.85. The van der Waals surface area contributed by atoms with Crippen LogP contribution in [0, 0.1) is 0 Å². The van der Waals surface area contributed by atoms with Gasteiger partial charge in [-0.2, -0.15) is 0 Å². The van der Waals surface area contributed by atoms with Gasteiger partial charge in [0.05, 0.1) is 32.8 Å². The minimum Gasteiger partial charge on any atom is -0.463 e. The van der Waals surface area contributed by atoms with Crippen molar-refractivity contribution in [2.24, 2.45) is 0 Å². The van der Waals surface area contributed by atoms with Crippen LogP contribution in [0.4, 0.5) is 0 Å². The van der Waals surface area contributed by atoms with Crippen molar-refractivity contribution in [3.63, 3.8) is 0 Å². The van der Waals surface area contributed by atoms with E-state index in [0.29, 0.717) is 29.8 Å². The Morgan fingerprint density at radius 1 is 1.04 bits per heavy atom. The van der Waals surface area contributed by atoms with Crippen molar-refractivity contribution in [2.75, 3.05) is 20.7 Å². The summed E-state index contributed by atoms with van der Waals surface area (Å²) < 4.78 is 6.57. The van der Waals surface area contributed by atoms with Gasteiger partial charge in [-0.3, -0.25) is 0 Å². The van der Waals surface area contributed by atoms with Crippen LogP contribution in [0.5, 0.6) is 0 Å². The fraction of sp³-hybridized carbons (Fsp3) is 0.435. The summed E-state index contributed by atoms with van der Waals surface area (Å²) in [7, 11) is 4.49. The van der Waals surface area contributed by atoms with Gasteiger partial charge in [0.2, 0.25) is 5.60 Å². The fourth-order valence-corrected chi connectivity index (χ4v) is 4.09. The summed E-state index contributed by atoms with van der Waals surface area (Å²) >= 11 is 0. The average Bonchev–Trinajstić information content (AvgIpc) is 2.95. The Labute approximate surface area is 162 Å². The zero-order valence-corrected chi connectivity index (χ0v) is 16.5. The molecule has 3 rings (SSSR count). The molecule has 0 aromatic heterocycles. The molecule has 2 unspecified atom stereocenters. The quantitative estimate of drug-likeness (QED) is 0.627. The highest BCUT2D eigenvalue weighted by atomic mass is 16.5. The Kier molecular flexibility index (Phi) is 5.68. The van der Waals surface area contributed by atoms with E-state index in [4.69, 9.17) is 4.74 Å². The summed E-state index contributed by atoms with van der Waals surface area (Å²) in [6.45, 7) is 2.59. The van der Waals surface area contributed by atoms with E-state index in [2.05, 4.69) is 21.0 Å². The molecule has 1 N–H and O–H groups in total. The van der Waals surface area contributed by atoms with Crippen molar-refractivity contribution in [3.8, 4) is 0 Å². The highest BCUT2D eigenvalue weighted by Crippen LogP contribution is 2.33. The van der Waals surface area contributed by atoms with E-state index in [1.54, 1.807) is 24.3 Å². The lowest BCUT2D eigenvalue weighted by Crippen LogP contribution is -2.49. The molecule has 0 amide bonds. The third-order valence-electron chi connectivity index (χ3n) is 6.36. The Bertz CT molecular complexity index is 718. The third kappa shape index (κ3) is 3.78. The monoisotopic (exact) mass is 368 g/mol. The summed E-state index contributed by atoms with van der Waals surface area (Å²) in [5.74, 6) is -0.615. The molecule has 1 aliphatic heterocycles. The van der Waals surface area contributed by atoms with Crippen molar-refractivity contribution in [3.05, 3.63) is 71.8 Å². The van der Waals surface area contributed by atoms with Crippen LogP contribution in [0.25, 0.3) is 0 Å². The van der Waals surface area contributed by atoms with Crippen molar-refractivity contribution < 1.29 is 19.1 Å². The lowest BCUT2D eigenvalue weighted by Gasteiger charge is -2.36. The van der Waals surface area contributed by atoms with Crippen molar-refractivity contribution in [1.29, 1.82) is 0 Å². The van der Waals surface area contributed by atoms with Crippen LogP contribution >= 0.6 is 0 Å². The van der Waals surface area contributed by atoms with Gasteiger partial charge >= 0.3 is 5.97 Å².